The molecule has 1 aliphatic heterocycles. The SMILES string of the molecule is CC1CCCN(C(=O)NC(C)C2CCCCC2)C1. The van der Waals surface area contributed by atoms with Crippen molar-refractivity contribution >= 4 is 6.03 Å². The highest BCUT2D eigenvalue weighted by molar-refractivity contribution is 5.74. The van der Waals surface area contributed by atoms with Crippen LogP contribution in [0.1, 0.15) is 58.8 Å². The molecule has 1 heterocycles. The molecule has 3 heteroatoms. The second-order valence-electron chi connectivity index (χ2n) is 6.33. The maximum absolute atomic E-state index is 12.2. The number of likely N-dealkylation sites (tertiary alicyclic amines) is 1. The van der Waals surface area contributed by atoms with Crippen LogP contribution in [0.2, 0.25) is 0 Å². The monoisotopic (exact) mass is 252 g/mol. The summed E-state index contributed by atoms with van der Waals surface area (Å²) in [5.74, 6) is 1.36. The maximum atomic E-state index is 12.2. The summed E-state index contributed by atoms with van der Waals surface area (Å²) >= 11 is 0. The van der Waals surface area contributed by atoms with Gasteiger partial charge in [-0.3, -0.25) is 0 Å². The molecular weight excluding hydrogens is 224 g/mol. The molecule has 0 aromatic carbocycles. The molecule has 104 valence electrons. The van der Waals surface area contributed by atoms with E-state index in [1.165, 1.54) is 38.5 Å². The minimum atomic E-state index is 0.166. The summed E-state index contributed by atoms with van der Waals surface area (Å²) in [7, 11) is 0. The van der Waals surface area contributed by atoms with Crippen molar-refractivity contribution in [2.24, 2.45) is 11.8 Å². The number of carbonyl (C=O) groups excluding carboxylic acids is 1. The van der Waals surface area contributed by atoms with Crippen LogP contribution in [0.15, 0.2) is 0 Å². The van der Waals surface area contributed by atoms with E-state index in [1.807, 2.05) is 4.90 Å². The Morgan fingerprint density at radius 1 is 1.17 bits per heavy atom. The fraction of sp³-hybridized carbons (Fsp3) is 0.933. The highest BCUT2D eigenvalue weighted by Crippen LogP contribution is 2.26. The van der Waals surface area contributed by atoms with Crippen LogP contribution in [-0.4, -0.2) is 30.1 Å². The van der Waals surface area contributed by atoms with Gasteiger partial charge in [-0.1, -0.05) is 26.2 Å². The van der Waals surface area contributed by atoms with Crippen molar-refractivity contribution in [1.29, 1.82) is 0 Å². The Morgan fingerprint density at radius 3 is 2.56 bits per heavy atom. The minimum Gasteiger partial charge on any atom is -0.335 e. The third-order valence-corrected chi connectivity index (χ3v) is 4.65. The summed E-state index contributed by atoms with van der Waals surface area (Å²) in [6.07, 6.45) is 9.06. The van der Waals surface area contributed by atoms with E-state index >= 15 is 0 Å². The molecule has 2 unspecified atom stereocenters. The van der Waals surface area contributed by atoms with Crippen LogP contribution in [0.25, 0.3) is 0 Å². The highest BCUT2D eigenvalue weighted by Gasteiger charge is 2.25. The number of hydrogen-bond acceptors (Lipinski definition) is 1. The van der Waals surface area contributed by atoms with Crippen molar-refractivity contribution in [3.05, 3.63) is 0 Å². The first-order valence-electron chi connectivity index (χ1n) is 7.72. The first kappa shape index (κ1) is 13.7. The van der Waals surface area contributed by atoms with Gasteiger partial charge in [-0.25, -0.2) is 4.79 Å². The Bertz CT molecular complexity index is 274. The van der Waals surface area contributed by atoms with Crippen LogP contribution in [0.3, 0.4) is 0 Å². The standard InChI is InChI=1S/C15H28N2O/c1-12-7-6-10-17(11-12)15(18)16-13(2)14-8-4-3-5-9-14/h12-14H,3-11H2,1-2H3,(H,16,18). The van der Waals surface area contributed by atoms with Gasteiger partial charge in [0.15, 0.2) is 0 Å². The quantitative estimate of drug-likeness (QED) is 0.802. The molecule has 2 atom stereocenters. The molecule has 18 heavy (non-hydrogen) atoms. The summed E-state index contributed by atoms with van der Waals surface area (Å²) in [6, 6.07) is 0.509. The van der Waals surface area contributed by atoms with Crippen LogP contribution in [0.4, 0.5) is 4.79 Å². The normalized spacial score (nSPS) is 27.9. The number of urea groups is 1. The molecule has 0 aromatic rings. The molecule has 0 radical (unpaired) electrons. The lowest BCUT2D eigenvalue weighted by atomic mass is 9.84. The predicted molar refractivity (Wildman–Crippen MR) is 74.5 cm³/mol. The Balaban J connectivity index is 1.78. The molecule has 1 N–H and O–H groups in total. The molecule has 3 nitrogen and oxygen atoms in total. The molecule has 2 fully saturated rings. The van der Waals surface area contributed by atoms with E-state index in [2.05, 4.69) is 19.2 Å². The molecule has 2 amide bonds. The number of hydrogen-bond donors (Lipinski definition) is 1. The molecule has 1 saturated heterocycles. The van der Waals surface area contributed by atoms with E-state index in [-0.39, 0.29) is 6.03 Å². The zero-order valence-corrected chi connectivity index (χ0v) is 12.0. The molecular formula is C15H28N2O. The van der Waals surface area contributed by atoms with Crippen LogP contribution in [-0.2, 0) is 0 Å². The van der Waals surface area contributed by atoms with E-state index in [0.29, 0.717) is 17.9 Å². The number of piperidine rings is 1. The highest BCUT2D eigenvalue weighted by atomic mass is 16.2. The van der Waals surface area contributed by atoms with Crippen LogP contribution in [0, 0.1) is 11.8 Å². The average molecular weight is 252 g/mol. The van der Waals surface area contributed by atoms with Crippen molar-refractivity contribution in [2.75, 3.05) is 13.1 Å². The average Bonchev–Trinajstić information content (AvgIpc) is 2.39. The second kappa shape index (κ2) is 6.44. The summed E-state index contributed by atoms with van der Waals surface area (Å²) in [5.41, 5.74) is 0. The van der Waals surface area contributed by atoms with Gasteiger partial charge >= 0.3 is 6.03 Å². The largest absolute Gasteiger partial charge is 0.335 e. The topological polar surface area (TPSA) is 32.3 Å². The van der Waals surface area contributed by atoms with Crippen LogP contribution < -0.4 is 5.32 Å². The van der Waals surface area contributed by atoms with Crippen molar-refractivity contribution in [3.63, 3.8) is 0 Å². The lowest BCUT2D eigenvalue weighted by Crippen LogP contribution is -2.49. The fourth-order valence-corrected chi connectivity index (χ4v) is 3.41. The first-order chi connectivity index (χ1) is 8.66. The summed E-state index contributed by atoms with van der Waals surface area (Å²) in [6.45, 7) is 6.29. The van der Waals surface area contributed by atoms with Gasteiger partial charge in [0.2, 0.25) is 0 Å². The summed E-state index contributed by atoms with van der Waals surface area (Å²) < 4.78 is 0. The Labute approximate surface area is 111 Å². The summed E-state index contributed by atoms with van der Waals surface area (Å²) in [4.78, 5) is 14.2. The van der Waals surface area contributed by atoms with Crippen LogP contribution >= 0.6 is 0 Å². The molecule has 0 aromatic heterocycles. The van der Waals surface area contributed by atoms with E-state index in [0.717, 1.165) is 19.5 Å². The third kappa shape index (κ3) is 3.63. The van der Waals surface area contributed by atoms with Crippen molar-refractivity contribution in [2.45, 2.75) is 64.8 Å². The zero-order chi connectivity index (χ0) is 13.0. The Hall–Kier alpha value is -0.730. The van der Waals surface area contributed by atoms with Crippen molar-refractivity contribution in [1.82, 2.24) is 10.2 Å². The van der Waals surface area contributed by atoms with Gasteiger partial charge in [0, 0.05) is 19.1 Å². The Morgan fingerprint density at radius 2 is 1.89 bits per heavy atom. The molecule has 0 spiro atoms. The predicted octanol–water partition coefficient (Wildman–Crippen LogP) is 3.40. The van der Waals surface area contributed by atoms with Gasteiger partial charge in [0.05, 0.1) is 0 Å². The van der Waals surface area contributed by atoms with Crippen molar-refractivity contribution in [3.8, 4) is 0 Å². The number of amides is 2. The molecule has 0 bridgehead atoms. The minimum absolute atomic E-state index is 0.166. The molecule has 1 saturated carbocycles. The smallest absolute Gasteiger partial charge is 0.317 e. The van der Waals surface area contributed by atoms with Crippen LogP contribution in [0.5, 0.6) is 0 Å². The molecule has 2 rings (SSSR count). The van der Waals surface area contributed by atoms with Gasteiger partial charge in [-0.2, -0.15) is 0 Å². The Kier molecular flexibility index (Phi) is 4.90. The van der Waals surface area contributed by atoms with Gasteiger partial charge in [-0.05, 0) is 44.4 Å². The lowest BCUT2D eigenvalue weighted by Gasteiger charge is -2.34. The van der Waals surface area contributed by atoms with Gasteiger partial charge < -0.3 is 10.2 Å². The lowest BCUT2D eigenvalue weighted by molar-refractivity contribution is 0.160. The van der Waals surface area contributed by atoms with E-state index in [9.17, 15) is 4.79 Å². The maximum Gasteiger partial charge on any atom is 0.317 e. The van der Waals surface area contributed by atoms with Gasteiger partial charge in [0.1, 0.15) is 0 Å². The van der Waals surface area contributed by atoms with E-state index in [4.69, 9.17) is 0 Å². The number of nitrogens with zero attached hydrogens (tertiary/aromatic N) is 1. The third-order valence-electron chi connectivity index (χ3n) is 4.65. The molecule has 2 aliphatic rings. The zero-order valence-electron chi connectivity index (χ0n) is 12.0. The van der Waals surface area contributed by atoms with E-state index in [1.54, 1.807) is 0 Å². The van der Waals surface area contributed by atoms with Crippen molar-refractivity contribution < 1.29 is 4.79 Å². The number of nitrogens with one attached hydrogen (secondary N) is 1. The number of carbonyl (C=O) groups is 1. The second-order valence-corrected chi connectivity index (χ2v) is 6.33. The van der Waals surface area contributed by atoms with Gasteiger partial charge in [0.25, 0.3) is 0 Å². The molecule has 1 aliphatic carbocycles. The first-order valence-corrected chi connectivity index (χ1v) is 7.72. The summed E-state index contributed by atoms with van der Waals surface area (Å²) in [5, 5.41) is 3.23. The number of rotatable bonds is 2. The van der Waals surface area contributed by atoms with Gasteiger partial charge in [-0.15, -0.1) is 0 Å². The fourth-order valence-electron chi connectivity index (χ4n) is 3.41. The van der Waals surface area contributed by atoms with E-state index < -0.39 is 0 Å².